The molecule has 2 N–H and O–H groups in total. The van der Waals surface area contributed by atoms with Crippen molar-refractivity contribution in [2.75, 3.05) is 7.11 Å². The molecule has 0 fully saturated rings. The normalized spacial score (nSPS) is 12.7. The van der Waals surface area contributed by atoms with E-state index in [4.69, 9.17) is 9.84 Å². The Labute approximate surface area is 183 Å². The second kappa shape index (κ2) is 10.1. The number of benzene rings is 2. The molecule has 0 aliphatic carbocycles. The van der Waals surface area contributed by atoms with E-state index in [1.807, 2.05) is 44.3 Å². The summed E-state index contributed by atoms with van der Waals surface area (Å²) in [4.78, 5) is 0. The summed E-state index contributed by atoms with van der Waals surface area (Å²) >= 11 is 0. The molecule has 1 heterocycles. The van der Waals surface area contributed by atoms with Crippen molar-refractivity contribution >= 4 is 0 Å². The number of ether oxygens (including phenoxy) is 1. The molecule has 3 aromatic rings. The monoisotopic (exact) mass is 425 g/mol. The molecule has 5 nitrogen and oxygen atoms in total. The number of rotatable bonds is 10. The molecule has 31 heavy (non-hydrogen) atoms. The summed E-state index contributed by atoms with van der Waals surface area (Å²) in [7, 11) is 1.64. The maximum atomic E-state index is 14.4. The lowest BCUT2D eigenvalue weighted by atomic mass is 9.99. The first-order valence-electron chi connectivity index (χ1n) is 10.7. The van der Waals surface area contributed by atoms with Gasteiger partial charge in [-0.3, -0.25) is 0 Å². The first-order valence-corrected chi connectivity index (χ1v) is 10.7. The van der Waals surface area contributed by atoms with Crippen LogP contribution >= 0.6 is 0 Å². The van der Waals surface area contributed by atoms with Crippen molar-refractivity contribution in [3.8, 4) is 22.7 Å². The van der Waals surface area contributed by atoms with E-state index < -0.39 is 5.60 Å². The fourth-order valence-corrected chi connectivity index (χ4v) is 3.52. The van der Waals surface area contributed by atoms with Crippen molar-refractivity contribution in [3.63, 3.8) is 0 Å². The summed E-state index contributed by atoms with van der Waals surface area (Å²) in [6, 6.07) is 14.6. The molecule has 0 aliphatic rings. The summed E-state index contributed by atoms with van der Waals surface area (Å²) in [5.41, 5.74) is 2.52. The molecule has 166 valence electrons. The predicted octanol–water partition coefficient (Wildman–Crippen LogP) is 5.11. The summed E-state index contributed by atoms with van der Waals surface area (Å²) in [5.74, 6) is 0.461. The minimum Gasteiger partial charge on any atom is -0.497 e. The zero-order valence-corrected chi connectivity index (χ0v) is 18.7. The van der Waals surface area contributed by atoms with Crippen molar-refractivity contribution in [3.05, 3.63) is 66.1 Å². The highest BCUT2D eigenvalue weighted by molar-refractivity contribution is 5.64. The lowest BCUT2D eigenvalue weighted by Gasteiger charge is -2.19. The molecule has 1 unspecified atom stereocenters. The zero-order chi connectivity index (χ0) is 22.4. The highest BCUT2D eigenvalue weighted by Gasteiger charge is 2.16. The molecule has 6 heteroatoms. The third-order valence-electron chi connectivity index (χ3n) is 5.32. The van der Waals surface area contributed by atoms with Crippen LogP contribution in [0.5, 0.6) is 5.75 Å². The molecule has 0 saturated carbocycles. The van der Waals surface area contributed by atoms with Crippen LogP contribution in [0.3, 0.4) is 0 Å². The number of nitrogens with one attached hydrogen (secondary N) is 1. The molecule has 0 radical (unpaired) electrons. The van der Waals surface area contributed by atoms with Crippen LogP contribution in [0.2, 0.25) is 0 Å². The molecule has 1 aromatic heterocycles. The van der Waals surface area contributed by atoms with E-state index in [1.165, 1.54) is 6.07 Å². The Morgan fingerprint density at radius 1 is 1.16 bits per heavy atom. The van der Waals surface area contributed by atoms with Gasteiger partial charge in [0, 0.05) is 29.9 Å². The second-order valence-corrected chi connectivity index (χ2v) is 8.61. The number of halogens is 1. The molecule has 0 aliphatic heterocycles. The molecular formula is C25H32FN3O2. The van der Waals surface area contributed by atoms with Gasteiger partial charge in [0.15, 0.2) is 0 Å². The van der Waals surface area contributed by atoms with Gasteiger partial charge < -0.3 is 15.2 Å². The van der Waals surface area contributed by atoms with Gasteiger partial charge >= 0.3 is 0 Å². The fourth-order valence-electron chi connectivity index (χ4n) is 3.52. The van der Waals surface area contributed by atoms with E-state index >= 15 is 0 Å². The van der Waals surface area contributed by atoms with E-state index in [2.05, 4.69) is 12.2 Å². The molecule has 0 spiro atoms. The third kappa shape index (κ3) is 6.39. The Morgan fingerprint density at radius 3 is 2.52 bits per heavy atom. The van der Waals surface area contributed by atoms with Gasteiger partial charge in [-0.25, -0.2) is 9.07 Å². The third-order valence-corrected chi connectivity index (χ3v) is 5.32. The van der Waals surface area contributed by atoms with Crippen molar-refractivity contribution in [1.82, 2.24) is 15.1 Å². The number of hydrogen-bond donors (Lipinski definition) is 2. The number of para-hydroxylation sites is 1. The molecular weight excluding hydrogens is 393 g/mol. The van der Waals surface area contributed by atoms with E-state index in [-0.39, 0.29) is 11.9 Å². The molecule has 1 atom stereocenters. The highest BCUT2D eigenvalue weighted by Crippen LogP contribution is 2.26. The Hall–Kier alpha value is -2.70. The topological polar surface area (TPSA) is 59.3 Å². The van der Waals surface area contributed by atoms with Crippen LogP contribution in [0.4, 0.5) is 4.39 Å². The van der Waals surface area contributed by atoms with Crippen LogP contribution in [0.15, 0.2) is 54.7 Å². The first kappa shape index (κ1) is 23.0. The summed E-state index contributed by atoms with van der Waals surface area (Å²) < 4.78 is 21.2. The molecule has 3 rings (SSSR count). The van der Waals surface area contributed by atoms with Gasteiger partial charge in [0.1, 0.15) is 17.3 Å². The summed E-state index contributed by atoms with van der Waals surface area (Å²) in [6.07, 6.45) is 4.55. The molecule has 0 saturated heterocycles. The standard InChI is InChI=1S/C25H32FN3O2/c1-18(8-7-15-25(2,3)30)27-16-20-17-29(23-10-6-5-9-22(23)26)28-24(20)19-11-13-21(31-4)14-12-19/h5-6,9-14,17-18,27,30H,7-8,15-16H2,1-4H3. The maximum absolute atomic E-state index is 14.4. The van der Waals surface area contributed by atoms with Gasteiger partial charge in [0.05, 0.1) is 18.4 Å². The van der Waals surface area contributed by atoms with Gasteiger partial charge in [-0.1, -0.05) is 12.1 Å². The minimum atomic E-state index is -0.637. The van der Waals surface area contributed by atoms with Gasteiger partial charge in [-0.05, 0) is 76.4 Å². The second-order valence-electron chi connectivity index (χ2n) is 8.61. The number of hydrogen-bond acceptors (Lipinski definition) is 4. The van der Waals surface area contributed by atoms with E-state index in [0.29, 0.717) is 12.2 Å². The van der Waals surface area contributed by atoms with Crippen LogP contribution < -0.4 is 10.1 Å². The number of aromatic nitrogens is 2. The van der Waals surface area contributed by atoms with Crippen LogP contribution in [0.25, 0.3) is 16.9 Å². The van der Waals surface area contributed by atoms with Crippen molar-refractivity contribution in [2.45, 2.75) is 58.2 Å². The van der Waals surface area contributed by atoms with Gasteiger partial charge in [0.2, 0.25) is 0 Å². The summed E-state index contributed by atoms with van der Waals surface area (Å²) in [5, 5.41) is 18.1. The van der Waals surface area contributed by atoms with Crippen molar-refractivity contribution in [1.29, 1.82) is 0 Å². The number of nitrogens with zero attached hydrogens (tertiary/aromatic N) is 2. The Morgan fingerprint density at radius 2 is 1.87 bits per heavy atom. The predicted molar refractivity (Wildman–Crippen MR) is 122 cm³/mol. The molecule has 0 bridgehead atoms. The highest BCUT2D eigenvalue weighted by atomic mass is 19.1. The summed E-state index contributed by atoms with van der Waals surface area (Å²) in [6.45, 7) is 6.42. The zero-order valence-electron chi connectivity index (χ0n) is 18.7. The van der Waals surface area contributed by atoms with Crippen LogP contribution in [-0.4, -0.2) is 33.6 Å². The van der Waals surface area contributed by atoms with Crippen LogP contribution in [0, 0.1) is 5.82 Å². The Bertz CT molecular complexity index is 977. The largest absolute Gasteiger partial charge is 0.497 e. The number of methoxy groups -OCH3 is 1. The SMILES string of the molecule is COc1ccc(-c2nn(-c3ccccc3F)cc2CNC(C)CCCC(C)(C)O)cc1. The first-order chi connectivity index (χ1) is 14.8. The Balaban J connectivity index is 1.81. The maximum Gasteiger partial charge on any atom is 0.148 e. The quantitative estimate of drug-likeness (QED) is 0.474. The number of aliphatic hydroxyl groups is 1. The van der Waals surface area contributed by atoms with Gasteiger partial charge in [0.25, 0.3) is 0 Å². The lowest BCUT2D eigenvalue weighted by Crippen LogP contribution is -2.26. The lowest BCUT2D eigenvalue weighted by molar-refractivity contribution is 0.0675. The average Bonchev–Trinajstić information content (AvgIpc) is 3.15. The van der Waals surface area contributed by atoms with Gasteiger partial charge in [-0.15, -0.1) is 0 Å². The fraction of sp³-hybridized carbons (Fsp3) is 0.400. The van der Waals surface area contributed by atoms with E-state index in [9.17, 15) is 9.50 Å². The van der Waals surface area contributed by atoms with E-state index in [1.54, 1.807) is 30.0 Å². The van der Waals surface area contributed by atoms with Gasteiger partial charge in [-0.2, -0.15) is 5.10 Å². The van der Waals surface area contributed by atoms with Crippen LogP contribution in [-0.2, 0) is 6.54 Å². The molecule has 2 aromatic carbocycles. The van der Waals surface area contributed by atoms with Crippen molar-refractivity contribution < 1.29 is 14.2 Å². The van der Waals surface area contributed by atoms with E-state index in [0.717, 1.165) is 41.8 Å². The molecule has 0 amide bonds. The average molecular weight is 426 g/mol. The van der Waals surface area contributed by atoms with Crippen LogP contribution in [0.1, 0.15) is 45.6 Å². The van der Waals surface area contributed by atoms with Crippen molar-refractivity contribution in [2.24, 2.45) is 0 Å². The minimum absolute atomic E-state index is 0.280. The Kier molecular flexibility index (Phi) is 7.46. The smallest absolute Gasteiger partial charge is 0.148 e.